The van der Waals surface area contributed by atoms with Gasteiger partial charge in [0.25, 0.3) is 0 Å². The minimum absolute atomic E-state index is 0.0201. The van der Waals surface area contributed by atoms with Crippen molar-refractivity contribution in [2.24, 2.45) is 5.92 Å². The van der Waals surface area contributed by atoms with Gasteiger partial charge in [-0.05, 0) is 19.3 Å². The van der Waals surface area contributed by atoms with Crippen LogP contribution < -0.4 is 5.32 Å². The summed E-state index contributed by atoms with van der Waals surface area (Å²) in [6, 6.07) is -0.726. The van der Waals surface area contributed by atoms with E-state index in [1.807, 2.05) is 27.7 Å². The van der Waals surface area contributed by atoms with E-state index in [9.17, 15) is 9.59 Å². The van der Waals surface area contributed by atoms with E-state index in [0.717, 1.165) is 12.8 Å². The van der Waals surface area contributed by atoms with Crippen molar-refractivity contribution in [2.45, 2.75) is 59.0 Å². The van der Waals surface area contributed by atoms with E-state index in [1.165, 1.54) is 0 Å². The summed E-state index contributed by atoms with van der Waals surface area (Å²) in [5, 5.41) is 2.90. The van der Waals surface area contributed by atoms with E-state index in [4.69, 9.17) is 4.74 Å². The Balaban J connectivity index is 2.83. The van der Waals surface area contributed by atoms with Crippen LogP contribution in [-0.4, -0.2) is 48.6 Å². The Morgan fingerprint density at radius 2 is 2.00 bits per heavy atom. The number of piperazine rings is 1. The quantitative estimate of drug-likeness (QED) is 0.688. The Kier molecular flexibility index (Phi) is 6.99. The number of carbonyl (C=O) groups excluding carboxylic acids is 2. The zero-order valence-electron chi connectivity index (χ0n) is 13.1. The Morgan fingerprint density at radius 1 is 1.30 bits per heavy atom. The Labute approximate surface area is 122 Å². The first kappa shape index (κ1) is 17.0. The maximum atomic E-state index is 12.6. The Hall–Kier alpha value is -1.10. The van der Waals surface area contributed by atoms with Gasteiger partial charge in [0.2, 0.25) is 11.8 Å². The van der Waals surface area contributed by atoms with Crippen LogP contribution in [-0.2, 0) is 14.3 Å². The number of ether oxygens (including phenoxy) is 1. The lowest BCUT2D eigenvalue weighted by Gasteiger charge is -2.40. The molecule has 0 spiro atoms. The van der Waals surface area contributed by atoms with Crippen molar-refractivity contribution in [2.75, 3.05) is 19.8 Å². The van der Waals surface area contributed by atoms with Gasteiger partial charge in [-0.2, -0.15) is 0 Å². The van der Waals surface area contributed by atoms with E-state index in [-0.39, 0.29) is 29.8 Å². The third kappa shape index (κ3) is 3.95. The van der Waals surface area contributed by atoms with Gasteiger partial charge in [0.1, 0.15) is 12.1 Å². The van der Waals surface area contributed by atoms with Gasteiger partial charge in [0.15, 0.2) is 0 Å². The summed E-state index contributed by atoms with van der Waals surface area (Å²) in [6.45, 7) is 9.61. The monoisotopic (exact) mass is 284 g/mol. The molecule has 2 amide bonds. The lowest BCUT2D eigenvalue weighted by atomic mass is 9.93. The fourth-order valence-corrected chi connectivity index (χ4v) is 2.54. The molecule has 1 saturated heterocycles. The van der Waals surface area contributed by atoms with Crippen molar-refractivity contribution in [1.29, 1.82) is 0 Å². The molecule has 0 radical (unpaired) electrons. The van der Waals surface area contributed by atoms with Crippen LogP contribution in [0, 0.1) is 5.92 Å². The van der Waals surface area contributed by atoms with Crippen LogP contribution in [0.1, 0.15) is 47.0 Å². The second kappa shape index (κ2) is 8.25. The lowest BCUT2D eigenvalue weighted by Crippen LogP contribution is -2.65. The molecular formula is C15H28N2O3. The fourth-order valence-electron chi connectivity index (χ4n) is 2.54. The SMILES string of the molecule is CCCC1C(=O)NC(C(C)CC)C(=O)N1CCOCC. The van der Waals surface area contributed by atoms with Crippen molar-refractivity contribution < 1.29 is 14.3 Å². The average Bonchev–Trinajstić information content (AvgIpc) is 2.44. The fraction of sp³-hybridized carbons (Fsp3) is 0.867. The molecule has 0 aromatic rings. The first-order chi connectivity index (χ1) is 9.56. The number of carbonyl (C=O) groups is 2. The molecule has 3 unspecified atom stereocenters. The van der Waals surface area contributed by atoms with Gasteiger partial charge < -0.3 is 15.0 Å². The van der Waals surface area contributed by atoms with Gasteiger partial charge in [-0.15, -0.1) is 0 Å². The molecule has 1 rings (SSSR count). The van der Waals surface area contributed by atoms with Gasteiger partial charge in [-0.1, -0.05) is 33.6 Å². The molecule has 1 N–H and O–H groups in total. The zero-order valence-corrected chi connectivity index (χ0v) is 13.1. The third-order valence-electron chi connectivity index (χ3n) is 3.98. The normalized spacial score (nSPS) is 24.7. The molecule has 1 fully saturated rings. The lowest BCUT2D eigenvalue weighted by molar-refractivity contribution is -0.152. The molecule has 1 heterocycles. The summed E-state index contributed by atoms with van der Waals surface area (Å²) in [5.74, 6) is 0.175. The summed E-state index contributed by atoms with van der Waals surface area (Å²) in [7, 11) is 0. The van der Waals surface area contributed by atoms with Crippen molar-refractivity contribution in [3.63, 3.8) is 0 Å². The Bertz CT molecular complexity index is 333. The summed E-state index contributed by atoms with van der Waals surface area (Å²) in [6.07, 6.45) is 2.45. The highest BCUT2D eigenvalue weighted by Crippen LogP contribution is 2.20. The molecular weight excluding hydrogens is 256 g/mol. The van der Waals surface area contributed by atoms with Crippen LogP contribution in [0.15, 0.2) is 0 Å². The van der Waals surface area contributed by atoms with E-state index in [2.05, 4.69) is 5.32 Å². The number of amides is 2. The van der Waals surface area contributed by atoms with E-state index < -0.39 is 0 Å². The van der Waals surface area contributed by atoms with Crippen molar-refractivity contribution in [3.05, 3.63) is 0 Å². The number of nitrogens with one attached hydrogen (secondary N) is 1. The largest absolute Gasteiger partial charge is 0.380 e. The average molecular weight is 284 g/mol. The van der Waals surface area contributed by atoms with E-state index >= 15 is 0 Å². The van der Waals surface area contributed by atoms with Gasteiger partial charge in [-0.3, -0.25) is 9.59 Å². The molecule has 20 heavy (non-hydrogen) atoms. The maximum absolute atomic E-state index is 12.6. The van der Waals surface area contributed by atoms with Crippen LogP contribution in [0.2, 0.25) is 0 Å². The van der Waals surface area contributed by atoms with Crippen molar-refractivity contribution in [1.82, 2.24) is 10.2 Å². The van der Waals surface area contributed by atoms with Crippen LogP contribution in [0.3, 0.4) is 0 Å². The summed E-state index contributed by atoms with van der Waals surface area (Å²) in [5.41, 5.74) is 0. The van der Waals surface area contributed by atoms with Crippen molar-refractivity contribution in [3.8, 4) is 0 Å². The van der Waals surface area contributed by atoms with Gasteiger partial charge in [0, 0.05) is 13.2 Å². The minimum Gasteiger partial charge on any atom is -0.380 e. The van der Waals surface area contributed by atoms with Gasteiger partial charge >= 0.3 is 0 Å². The van der Waals surface area contributed by atoms with E-state index in [1.54, 1.807) is 4.90 Å². The van der Waals surface area contributed by atoms with Gasteiger partial charge in [0.05, 0.1) is 6.61 Å². The standard InChI is InChI=1S/C15H28N2O3/c1-5-8-12-14(18)16-13(11(4)6-2)15(19)17(12)9-10-20-7-3/h11-13H,5-10H2,1-4H3,(H,16,18). The van der Waals surface area contributed by atoms with Crippen LogP contribution in [0.25, 0.3) is 0 Å². The first-order valence-electron chi connectivity index (χ1n) is 7.75. The Morgan fingerprint density at radius 3 is 2.55 bits per heavy atom. The molecule has 0 aromatic carbocycles. The molecule has 5 heteroatoms. The first-order valence-corrected chi connectivity index (χ1v) is 7.75. The topological polar surface area (TPSA) is 58.6 Å². The smallest absolute Gasteiger partial charge is 0.246 e. The number of hydrogen-bond acceptors (Lipinski definition) is 3. The summed E-state index contributed by atoms with van der Waals surface area (Å²) in [4.78, 5) is 26.6. The predicted molar refractivity (Wildman–Crippen MR) is 78.3 cm³/mol. The predicted octanol–water partition coefficient (Wildman–Crippen LogP) is 1.56. The van der Waals surface area contributed by atoms with E-state index in [0.29, 0.717) is 26.2 Å². The van der Waals surface area contributed by atoms with Crippen LogP contribution in [0.5, 0.6) is 0 Å². The number of nitrogens with zero attached hydrogens (tertiary/aromatic N) is 1. The second-order valence-electron chi connectivity index (χ2n) is 5.40. The summed E-state index contributed by atoms with van der Waals surface area (Å²) >= 11 is 0. The summed E-state index contributed by atoms with van der Waals surface area (Å²) < 4.78 is 5.34. The molecule has 0 saturated carbocycles. The molecule has 0 bridgehead atoms. The molecule has 0 aliphatic carbocycles. The van der Waals surface area contributed by atoms with Crippen LogP contribution in [0.4, 0.5) is 0 Å². The van der Waals surface area contributed by atoms with Crippen molar-refractivity contribution >= 4 is 11.8 Å². The molecule has 0 aromatic heterocycles. The highest BCUT2D eigenvalue weighted by atomic mass is 16.5. The maximum Gasteiger partial charge on any atom is 0.246 e. The highest BCUT2D eigenvalue weighted by Gasteiger charge is 2.41. The minimum atomic E-state index is -0.387. The molecule has 5 nitrogen and oxygen atoms in total. The number of rotatable bonds is 8. The highest BCUT2D eigenvalue weighted by molar-refractivity contribution is 5.97. The number of hydrogen-bond donors (Lipinski definition) is 1. The molecule has 1 aliphatic rings. The second-order valence-corrected chi connectivity index (χ2v) is 5.40. The van der Waals surface area contributed by atoms with Gasteiger partial charge in [-0.25, -0.2) is 0 Å². The zero-order chi connectivity index (χ0) is 15.1. The molecule has 1 aliphatic heterocycles. The molecule has 116 valence electrons. The third-order valence-corrected chi connectivity index (χ3v) is 3.98. The molecule has 3 atom stereocenters. The van der Waals surface area contributed by atoms with Crippen LogP contribution >= 0.6 is 0 Å².